The maximum absolute atomic E-state index is 10.5. The van der Waals surface area contributed by atoms with Crippen molar-refractivity contribution in [2.24, 2.45) is 10.8 Å². The van der Waals surface area contributed by atoms with Crippen LogP contribution in [-0.4, -0.2) is 44.3 Å². The first-order valence-electron chi connectivity index (χ1n) is 5.87. The molecule has 0 fully saturated rings. The molecule has 0 unspecified atom stereocenters. The van der Waals surface area contributed by atoms with Gasteiger partial charge in [-0.15, -0.1) is 0 Å². The molecule has 119 valence electrons. The van der Waals surface area contributed by atoms with Gasteiger partial charge in [0.15, 0.2) is 0 Å². The fraction of sp³-hybridized carbons (Fsp3) is 0.143. The molecule has 0 aliphatic heterocycles. The van der Waals surface area contributed by atoms with E-state index in [0.29, 0.717) is 0 Å². The molecule has 0 saturated carbocycles. The zero-order valence-corrected chi connectivity index (χ0v) is 15.2. The number of carboxylic acids is 4. The van der Waals surface area contributed by atoms with Gasteiger partial charge in [-0.25, -0.2) is 0 Å². The Morgan fingerprint density at radius 2 is 0.696 bits per heavy atom. The second kappa shape index (κ2) is 8.05. The van der Waals surface area contributed by atoms with Crippen molar-refractivity contribution >= 4 is 23.9 Å². The zero-order chi connectivity index (χ0) is 17.0. The Bertz CT molecular complexity index is 529. The quantitative estimate of drug-likeness (QED) is 0.457. The van der Waals surface area contributed by atoms with Crippen molar-refractivity contribution < 1.29 is 75.2 Å². The van der Waals surface area contributed by atoms with Crippen molar-refractivity contribution in [3.05, 3.63) is 48.6 Å². The second-order valence-corrected chi connectivity index (χ2v) is 4.40. The van der Waals surface area contributed by atoms with Crippen molar-refractivity contribution in [3.8, 4) is 0 Å². The first-order valence-corrected chi connectivity index (χ1v) is 5.87. The van der Waals surface area contributed by atoms with Crippen molar-refractivity contribution in [2.45, 2.75) is 0 Å². The predicted molar refractivity (Wildman–Crippen MR) is 72.0 cm³/mol. The molecule has 0 spiro atoms. The van der Waals surface area contributed by atoms with Gasteiger partial charge in [0.1, 0.15) is 0 Å². The minimum absolute atomic E-state index is 0. The smallest absolute Gasteiger partial charge is 0.328 e. The van der Waals surface area contributed by atoms with Crippen molar-refractivity contribution in [1.29, 1.82) is 0 Å². The molecule has 0 amide bonds. The van der Waals surface area contributed by atoms with Gasteiger partial charge >= 0.3 is 23.9 Å². The van der Waals surface area contributed by atoms with Crippen LogP contribution in [0.25, 0.3) is 0 Å². The summed E-state index contributed by atoms with van der Waals surface area (Å²) in [6.45, 7) is 0. The largest absolute Gasteiger partial charge is 0.480 e. The zero-order valence-electron chi connectivity index (χ0n) is 11.6. The van der Waals surface area contributed by atoms with Gasteiger partial charge in [0.25, 0.3) is 0 Å². The van der Waals surface area contributed by atoms with Crippen LogP contribution in [0.1, 0.15) is 0 Å². The van der Waals surface area contributed by atoms with Gasteiger partial charge in [-0.1, -0.05) is 48.6 Å². The Morgan fingerprint density at radius 3 is 0.783 bits per heavy atom. The summed E-state index contributed by atoms with van der Waals surface area (Å²) in [5.74, 6) is -5.46. The number of hydrogen-bond acceptors (Lipinski definition) is 4. The minimum atomic E-state index is -1.83. The van der Waals surface area contributed by atoms with Gasteiger partial charge < -0.3 is 20.4 Å². The molecular weight excluding hydrogens is 435 g/mol. The second-order valence-electron chi connectivity index (χ2n) is 4.40. The van der Waals surface area contributed by atoms with Crippen molar-refractivity contribution in [2.75, 3.05) is 0 Å². The molecule has 0 atom stereocenters. The van der Waals surface area contributed by atoms with Crippen LogP contribution in [0.4, 0.5) is 0 Å². The molecule has 0 aromatic carbocycles. The first kappa shape index (κ1) is 21.0. The molecule has 1 radical (unpaired) electrons. The summed E-state index contributed by atoms with van der Waals surface area (Å²) in [5, 5.41) is 34.2. The molecule has 2 aliphatic carbocycles. The van der Waals surface area contributed by atoms with Crippen LogP contribution in [0.5, 0.6) is 0 Å². The Labute approximate surface area is 158 Å². The maximum atomic E-state index is 10.5. The molecular formula is C14H12LaO8. The number of hydrogen-bond donors (Lipinski definition) is 4. The van der Waals surface area contributed by atoms with E-state index >= 15 is 0 Å². The Hall–Kier alpha value is -1.97. The van der Waals surface area contributed by atoms with E-state index in [1.807, 2.05) is 0 Å². The van der Waals surface area contributed by atoms with Crippen LogP contribution >= 0.6 is 0 Å². The number of aliphatic carboxylic acids is 4. The van der Waals surface area contributed by atoms with Crippen molar-refractivity contribution in [1.82, 2.24) is 0 Å². The van der Waals surface area contributed by atoms with E-state index in [0.717, 1.165) is 24.3 Å². The fourth-order valence-corrected chi connectivity index (χ4v) is 1.69. The van der Waals surface area contributed by atoms with E-state index in [1.54, 1.807) is 0 Å². The van der Waals surface area contributed by atoms with E-state index < -0.39 is 34.7 Å². The maximum Gasteiger partial charge on any atom is 0.328 e. The minimum Gasteiger partial charge on any atom is -0.480 e. The summed E-state index contributed by atoms with van der Waals surface area (Å²) in [5.41, 5.74) is -3.67. The molecule has 2 rings (SSSR count). The number of allylic oxidation sites excluding steroid dienone is 4. The van der Waals surface area contributed by atoms with Crippen LogP contribution < -0.4 is 0 Å². The summed E-state index contributed by atoms with van der Waals surface area (Å²) in [4.78, 5) is 41.9. The SMILES string of the molecule is O=C(O)C1(C(=O)O)C=CC=C1.O=C(O)C1(C(=O)O)C=CC=C1.[La]. The normalized spacial score (nSPS) is 17.7. The van der Waals surface area contributed by atoms with E-state index in [2.05, 4.69) is 0 Å². The first-order chi connectivity index (χ1) is 10.2. The number of carbonyl (C=O) groups is 4. The van der Waals surface area contributed by atoms with Gasteiger partial charge in [-0.05, 0) is 0 Å². The number of carboxylic acid groups (broad SMARTS) is 4. The molecule has 0 aromatic heterocycles. The molecule has 0 heterocycles. The third-order valence-corrected chi connectivity index (χ3v) is 3.07. The summed E-state index contributed by atoms with van der Waals surface area (Å²) >= 11 is 0. The number of rotatable bonds is 4. The van der Waals surface area contributed by atoms with Gasteiger partial charge in [0.2, 0.25) is 10.8 Å². The molecule has 23 heavy (non-hydrogen) atoms. The predicted octanol–water partition coefficient (Wildman–Crippen LogP) is 0.536. The van der Waals surface area contributed by atoms with E-state index in [-0.39, 0.29) is 35.6 Å². The molecule has 4 N–H and O–H groups in total. The Morgan fingerprint density at radius 1 is 0.522 bits per heavy atom. The average molecular weight is 447 g/mol. The van der Waals surface area contributed by atoms with Gasteiger partial charge in [0.05, 0.1) is 0 Å². The van der Waals surface area contributed by atoms with Gasteiger partial charge in [-0.2, -0.15) is 0 Å². The molecule has 2 aliphatic rings. The monoisotopic (exact) mass is 447 g/mol. The van der Waals surface area contributed by atoms with Gasteiger partial charge in [-0.3, -0.25) is 19.2 Å². The molecule has 0 aromatic rings. The molecule has 0 saturated heterocycles. The summed E-state index contributed by atoms with van der Waals surface area (Å²) in [7, 11) is 0. The summed E-state index contributed by atoms with van der Waals surface area (Å²) < 4.78 is 0. The van der Waals surface area contributed by atoms with Gasteiger partial charge in [0, 0.05) is 35.6 Å². The molecule has 0 bridgehead atoms. The van der Waals surface area contributed by atoms with E-state index in [1.165, 1.54) is 24.3 Å². The van der Waals surface area contributed by atoms with Crippen LogP contribution in [0.2, 0.25) is 0 Å². The van der Waals surface area contributed by atoms with Crippen LogP contribution in [0.15, 0.2) is 48.6 Å². The molecule has 9 heteroatoms. The van der Waals surface area contributed by atoms with E-state index in [4.69, 9.17) is 20.4 Å². The average Bonchev–Trinajstić information content (AvgIpc) is 3.10. The third-order valence-electron chi connectivity index (χ3n) is 3.07. The van der Waals surface area contributed by atoms with Crippen LogP contribution in [0.3, 0.4) is 0 Å². The summed E-state index contributed by atoms with van der Waals surface area (Å²) in [6.07, 6.45) is 10.2. The van der Waals surface area contributed by atoms with Crippen molar-refractivity contribution in [3.63, 3.8) is 0 Å². The van der Waals surface area contributed by atoms with Crippen LogP contribution in [0, 0.1) is 46.4 Å². The van der Waals surface area contributed by atoms with E-state index in [9.17, 15) is 19.2 Å². The summed E-state index contributed by atoms with van der Waals surface area (Å²) in [6, 6.07) is 0. The Kier molecular flexibility index (Phi) is 7.36. The standard InChI is InChI=1S/2C7H6O4.La/c2*8-5(9)7(6(10)11)3-1-2-4-7;/h2*1-4H,(H,8,9)(H,10,11);. The van der Waals surface area contributed by atoms with Crippen LogP contribution in [-0.2, 0) is 19.2 Å². The third kappa shape index (κ3) is 4.07. The fourth-order valence-electron chi connectivity index (χ4n) is 1.69. The Balaban J connectivity index is 0.000000403. The topological polar surface area (TPSA) is 149 Å². The molecule has 8 nitrogen and oxygen atoms in total.